The van der Waals surface area contributed by atoms with Gasteiger partial charge in [-0.25, -0.2) is 0 Å². The first-order chi connectivity index (χ1) is 12.3. The molecule has 0 spiro atoms. The first kappa shape index (κ1) is 29.1. The van der Waals surface area contributed by atoms with Crippen LogP contribution >= 0.6 is 0 Å². The Morgan fingerprint density at radius 3 is 1.19 bits per heavy atom. The number of rotatable bonds is 17. The number of unbranched alkanes of at least 4 members (excludes halogenated alkanes) is 12. The maximum atomic E-state index is 8.74. The van der Waals surface area contributed by atoms with Crippen LogP contribution in [0.5, 0.6) is 0 Å². The van der Waals surface area contributed by atoms with Gasteiger partial charge >= 0.3 is 164 Å². The van der Waals surface area contributed by atoms with E-state index in [1.165, 1.54) is 131 Å². The Balaban J connectivity index is 0. The van der Waals surface area contributed by atoms with Crippen LogP contribution in [0.25, 0.3) is 0 Å². The quantitative estimate of drug-likeness (QED) is 0.159. The van der Waals surface area contributed by atoms with Gasteiger partial charge in [-0.1, -0.05) is 0 Å². The minimum Gasteiger partial charge on any atom is -0.264 e. The van der Waals surface area contributed by atoms with Gasteiger partial charge in [-0.2, -0.15) is 8.42 Å². The third kappa shape index (κ3) is 32.5. The summed E-state index contributed by atoms with van der Waals surface area (Å²) in [7, 11) is -4.67. The van der Waals surface area contributed by atoms with E-state index in [1.54, 1.807) is 3.67 Å². The molecule has 154 valence electrons. The SMILES string of the molecule is CCCCCCCCCCC([CH2][Na])CCCCCCCC.O=S(=O)(O)O. The van der Waals surface area contributed by atoms with Crippen molar-refractivity contribution in [3.8, 4) is 0 Å². The molecule has 0 aliphatic heterocycles. The van der Waals surface area contributed by atoms with Crippen molar-refractivity contribution < 1.29 is 17.5 Å². The summed E-state index contributed by atoms with van der Waals surface area (Å²) < 4.78 is 33.1. The normalized spacial score (nSPS) is 12.5. The first-order valence-corrected chi connectivity index (χ1v) is 13.9. The van der Waals surface area contributed by atoms with Gasteiger partial charge in [-0.05, 0) is 0 Å². The van der Waals surface area contributed by atoms with Gasteiger partial charge < -0.3 is 0 Å². The Morgan fingerprint density at radius 1 is 0.654 bits per heavy atom. The van der Waals surface area contributed by atoms with Crippen molar-refractivity contribution in [2.24, 2.45) is 5.92 Å². The van der Waals surface area contributed by atoms with Crippen molar-refractivity contribution in [2.75, 3.05) is 0 Å². The Bertz CT molecular complexity index is 353. The van der Waals surface area contributed by atoms with Crippen LogP contribution in [0.1, 0.15) is 117 Å². The Morgan fingerprint density at radius 2 is 0.923 bits per heavy atom. The summed E-state index contributed by atoms with van der Waals surface area (Å²) in [4.78, 5) is 0. The maximum absolute atomic E-state index is 8.74. The van der Waals surface area contributed by atoms with Gasteiger partial charge in [0, 0.05) is 0 Å². The zero-order chi connectivity index (χ0) is 20.1. The fraction of sp³-hybridized carbons (Fsp3) is 1.00. The van der Waals surface area contributed by atoms with Gasteiger partial charge in [0.25, 0.3) is 0 Å². The van der Waals surface area contributed by atoms with E-state index in [0.717, 1.165) is 5.92 Å². The van der Waals surface area contributed by atoms with E-state index in [0.29, 0.717) is 0 Å². The topological polar surface area (TPSA) is 74.6 Å². The zero-order valence-electron chi connectivity index (χ0n) is 17.7. The molecule has 0 rings (SSSR count). The van der Waals surface area contributed by atoms with Crippen LogP contribution in [0.4, 0.5) is 0 Å². The van der Waals surface area contributed by atoms with Crippen LogP contribution in [0, 0.1) is 5.92 Å². The minimum absolute atomic E-state index is 1.09. The summed E-state index contributed by atoms with van der Waals surface area (Å²) in [5, 5.41) is 0. The molecule has 0 aromatic carbocycles. The van der Waals surface area contributed by atoms with Crippen LogP contribution < -0.4 is 0 Å². The Kier molecular flexibility index (Phi) is 24.8. The smallest absolute Gasteiger partial charge is 0.264 e. The van der Waals surface area contributed by atoms with E-state index in [1.807, 2.05) is 0 Å². The average molecular weight is 403 g/mol. The maximum Gasteiger partial charge on any atom is 0.394 e. The van der Waals surface area contributed by atoms with Gasteiger partial charge in [-0.15, -0.1) is 0 Å². The molecular formula is C20H43NaO4S. The molecule has 0 saturated heterocycles. The second kappa shape index (κ2) is 22.2. The molecule has 26 heavy (non-hydrogen) atoms. The van der Waals surface area contributed by atoms with Crippen molar-refractivity contribution in [3.05, 3.63) is 0 Å². The summed E-state index contributed by atoms with van der Waals surface area (Å²) in [6.45, 7) is 4.61. The summed E-state index contributed by atoms with van der Waals surface area (Å²) in [6, 6.07) is 0. The molecule has 4 nitrogen and oxygen atoms in total. The third-order valence-electron chi connectivity index (χ3n) is 5.01. The molecule has 0 heterocycles. The number of hydrogen-bond donors (Lipinski definition) is 2. The molecule has 1 atom stereocenters. The molecule has 0 aromatic rings. The van der Waals surface area contributed by atoms with Crippen LogP contribution in [-0.4, -0.2) is 45.5 Å². The van der Waals surface area contributed by atoms with Gasteiger partial charge in [0.15, 0.2) is 0 Å². The number of hydrogen-bond acceptors (Lipinski definition) is 2. The second-order valence-corrected chi connectivity index (χ2v) is 9.25. The molecule has 0 bridgehead atoms. The molecule has 1 unspecified atom stereocenters. The molecule has 0 aliphatic carbocycles. The van der Waals surface area contributed by atoms with Crippen LogP contribution in [0.15, 0.2) is 0 Å². The van der Waals surface area contributed by atoms with Crippen molar-refractivity contribution in [3.63, 3.8) is 0 Å². The molecule has 6 heteroatoms. The second-order valence-electron chi connectivity index (χ2n) is 7.54. The summed E-state index contributed by atoms with van der Waals surface area (Å²) in [5.74, 6) is 1.09. The van der Waals surface area contributed by atoms with Crippen molar-refractivity contribution in [1.82, 2.24) is 0 Å². The minimum atomic E-state index is -4.67. The van der Waals surface area contributed by atoms with E-state index < -0.39 is 10.4 Å². The fourth-order valence-corrected chi connectivity index (χ4v) is 4.15. The molecular weight excluding hydrogens is 359 g/mol. The molecule has 0 amide bonds. The summed E-state index contributed by atoms with van der Waals surface area (Å²) in [6.07, 6.45) is 23.6. The van der Waals surface area contributed by atoms with E-state index >= 15 is 0 Å². The van der Waals surface area contributed by atoms with E-state index in [9.17, 15) is 0 Å². The van der Waals surface area contributed by atoms with Gasteiger partial charge in [-0.3, -0.25) is 9.11 Å². The first-order valence-electron chi connectivity index (χ1n) is 11.0. The van der Waals surface area contributed by atoms with Gasteiger partial charge in [0.2, 0.25) is 0 Å². The van der Waals surface area contributed by atoms with Gasteiger partial charge in [0.05, 0.1) is 0 Å². The predicted octanol–water partition coefficient (Wildman–Crippen LogP) is 6.82. The summed E-state index contributed by atoms with van der Waals surface area (Å²) in [5.41, 5.74) is 0. The monoisotopic (exact) mass is 402 g/mol. The summed E-state index contributed by atoms with van der Waals surface area (Å²) >= 11 is 1.41. The van der Waals surface area contributed by atoms with E-state index in [4.69, 9.17) is 17.5 Å². The molecule has 0 aliphatic rings. The fourth-order valence-electron chi connectivity index (χ4n) is 3.33. The van der Waals surface area contributed by atoms with E-state index in [-0.39, 0.29) is 0 Å². The van der Waals surface area contributed by atoms with Crippen LogP contribution in [-0.2, 0) is 10.4 Å². The van der Waals surface area contributed by atoms with Crippen LogP contribution in [0.2, 0.25) is 3.67 Å². The molecule has 0 fully saturated rings. The largest absolute Gasteiger partial charge is 0.394 e. The molecule has 0 aromatic heterocycles. The van der Waals surface area contributed by atoms with Crippen molar-refractivity contribution >= 4 is 38.3 Å². The molecule has 2 N–H and O–H groups in total. The third-order valence-corrected chi connectivity index (χ3v) is 6.16. The van der Waals surface area contributed by atoms with Gasteiger partial charge in [0.1, 0.15) is 0 Å². The van der Waals surface area contributed by atoms with Crippen molar-refractivity contribution in [1.29, 1.82) is 0 Å². The van der Waals surface area contributed by atoms with Crippen LogP contribution in [0.3, 0.4) is 0 Å². The average Bonchev–Trinajstić information content (AvgIpc) is 2.57. The van der Waals surface area contributed by atoms with E-state index in [2.05, 4.69) is 13.8 Å². The Labute approximate surface area is 181 Å². The molecule has 0 radical (unpaired) electrons. The Hall–Kier alpha value is 0.870. The van der Waals surface area contributed by atoms with Crippen molar-refractivity contribution in [2.45, 2.75) is 120 Å². The zero-order valence-corrected chi connectivity index (χ0v) is 20.5. The molecule has 0 saturated carbocycles. The predicted molar refractivity (Wildman–Crippen MR) is 113 cm³/mol. The standard InChI is InChI=1S/C20H41.Na.H2O4S/c1-4-6-8-10-12-13-15-17-19-20(3)18-16-14-11-9-7-5-2;;1-5(2,3)4/h20H,3-19H2,1-2H3;;(H2,1,2,3,4).